The van der Waals surface area contributed by atoms with E-state index in [-0.39, 0.29) is 11.5 Å². The van der Waals surface area contributed by atoms with Crippen LogP contribution in [0.15, 0.2) is 42.7 Å². The number of amides is 1. The number of benzene rings is 1. The van der Waals surface area contributed by atoms with E-state index in [0.717, 1.165) is 0 Å². The van der Waals surface area contributed by atoms with E-state index in [2.05, 4.69) is 5.10 Å². The number of allylic oxidation sites excluding steroid dienone is 1. The number of hydrogen-bond donors (Lipinski definition) is 1. The maximum absolute atomic E-state index is 12.2. The van der Waals surface area contributed by atoms with Crippen LogP contribution in [0.4, 0.5) is 18.9 Å². The summed E-state index contributed by atoms with van der Waals surface area (Å²) in [7, 11) is 1.67. The Kier molecular flexibility index (Phi) is 4.63. The molecule has 1 N–H and O–H groups in total. The quantitative estimate of drug-likeness (QED) is 0.695. The Morgan fingerprint density at radius 1 is 1.30 bits per heavy atom. The second kappa shape index (κ2) is 6.47. The van der Waals surface area contributed by atoms with Crippen LogP contribution in [0, 0.1) is 0 Å². The molecule has 5 nitrogen and oxygen atoms in total. The van der Waals surface area contributed by atoms with Crippen LogP contribution in [0.2, 0.25) is 0 Å². The van der Waals surface area contributed by atoms with Gasteiger partial charge >= 0.3 is 12.1 Å². The molecule has 120 valence electrons. The van der Waals surface area contributed by atoms with Gasteiger partial charge in [-0.1, -0.05) is 18.2 Å². The second-order valence-electron chi connectivity index (χ2n) is 4.68. The van der Waals surface area contributed by atoms with Gasteiger partial charge in [0.15, 0.2) is 5.78 Å². The van der Waals surface area contributed by atoms with Crippen molar-refractivity contribution in [2.75, 3.05) is 5.32 Å². The zero-order valence-electron chi connectivity index (χ0n) is 12.0. The first-order chi connectivity index (χ1) is 10.8. The first kappa shape index (κ1) is 16.5. The third kappa shape index (κ3) is 4.53. The van der Waals surface area contributed by atoms with Gasteiger partial charge in [-0.15, -0.1) is 0 Å². The first-order valence-electron chi connectivity index (χ1n) is 6.45. The van der Waals surface area contributed by atoms with Crippen LogP contribution in [0.25, 0.3) is 6.08 Å². The molecule has 1 aromatic heterocycles. The molecule has 1 heterocycles. The summed E-state index contributed by atoms with van der Waals surface area (Å²) in [5.74, 6) is -2.34. The maximum Gasteiger partial charge on any atom is 0.471 e. The lowest BCUT2D eigenvalue weighted by molar-refractivity contribution is -0.167. The maximum atomic E-state index is 12.2. The van der Waals surface area contributed by atoms with E-state index in [1.165, 1.54) is 41.2 Å². The van der Waals surface area contributed by atoms with E-state index in [1.54, 1.807) is 24.6 Å². The molecular weight excluding hydrogens is 311 g/mol. The molecule has 8 heteroatoms. The Labute approximate surface area is 129 Å². The number of halogens is 3. The minimum Gasteiger partial charge on any atom is -0.318 e. The number of carbonyl (C=O) groups is 2. The lowest BCUT2D eigenvalue weighted by Crippen LogP contribution is -2.29. The summed E-state index contributed by atoms with van der Waals surface area (Å²) in [4.78, 5) is 22.7. The number of aromatic nitrogens is 2. The number of nitrogens with one attached hydrogen (secondary N) is 1. The molecule has 2 rings (SSSR count). The van der Waals surface area contributed by atoms with Crippen molar-refractivity contribution in [2.45, 2.75) is 6.18 Å². The lowest BCUT2D eigenvalue weighted by atomic mass is 10.1. The highest BCUT2D eigenvalue weighted by Crippen LogP contribution is 2.19. The fourth-order valence-corrected chi connectivity index (χ4v) is 1.74. The van der Waals surface area contributed by atoms with E-state index >= 15 is 0 Å². The van der Waals surface area contributed by atoms with Crippen molar-refractivity contribution >= 4 is 23.5 Å². The van der Waals surface area contributed by atoms with Crippen LogP contribution in [0.5, 0.6) is 0 Å². The number of rotatable bonds is 4. The number of anilines is 1. The van der Waals surface area contributed by atoms with Crippen molar-refractivity contribution in [3.05, 3.63) is 53.9 Å². The van der Waals surface area contributed by atoms with E-state index < -0.39 is 12.1 Å². The summed E-state index contributed by atoms with van der Waals surface area (Å²) in [6.45, 7) is 0. The van der Waals surface area contributed by atoms with E-state index in [4.69, 9.17) is 0 Å². The van der Waals surface area contributed by atoms with Gasteiger partial charge in [-0.2, -0.15) is 18.3 Å². The lowest BCUT2D eigenvalue weighted by Gasteiger charge is -2.08. The highest BCUT2D eigenvalue weighted by Gasteiger charge is 2.38. The van der Waals surface area contributed by atoms with Crippen LogP contribution in [0.3, 0.4) is 0 Å². The van der Waals surface area contributed by atoms with Gasteiger partial charge in [-0.25, -0.2) is 0 Å². The summed E-state index contributed by atoms with van der Waals surface area (Å²) in [6, 6.07) is 5.72. The van der Waals surface area contributed by atoms with Gasteiger partial charge < -0.3 is 5.32 Å². The standard InChI is InChI=1S/C15H12F3N3O2/c1-21-9-11(8-19-21)13(22)6-5-10-3-2-4-12(7-10)20-14(23)15(16,17)18/h2-9H,1H3,(H,20,23)/b6-5-. The Hall–Kier alpha value is -2.90. The van der Waals surface area contributed by atoms with E-state index in [0.29, 0.717) is 11.1 Å². The Balaban J connectivity index is 2.09. The molecule has 0 atom stereocenters. The predicted molar refractivity (Wildman–Crippen MR) is 77.7 cm³/mol. The monoisotopic (exact) mass is 323 g/mol. The molecule has 0 radical (unpaired) electrons. The molecule has 0 aliphatic heterocycles. The van der Waals surface area contributed by atoms with Crippen molar-refractivity contribution in [2.24, 2.45) is 7.05 Å². The second-order valence-corrected chi connectivity index (χ2v) is 4.68. The third-order valence-corrected chi connectivity index (χ3v) is 2.82. The van der Waals surface area contributed by atoms with Gasteiger partial charge in [-0.3, -0.25) is 14.3 Å². The molecule has 0 bridgehead atoms. The highest BCUT2D eigenvalue weighted by molar-refractivity contribution is 6.06. The fourth-order valence-electron chi connectivity index (χ4n) is 1.74. The van der Waals surface area contributed by atoms with Crippen LogP contribution in [-0.4, -0.2) is 27.6 Å². The average Bonchev–Trinajstić information content (AvgIpc) is 2.91. The molecule has 0 fully saturated rings. The van der Waals surface area contributed by atoms with Crippen LogP contribution >= 0.6 is 0 Å². The summed E-state index contributed by atoms with van der Waals surface area (Å²) < 4.78 is 38.1. The number of alkyl halides is 3. The number of aryl methyl sites for hydroxylation is 1. The fraction of sp³-hybridized carbons (Fsp3) is 0.133. The molecule has 0 aliphatic carbocycles. The number of nitrogens with zero attached hydrogens (tertiary/aromatic N) is 2. The van der Waals surface area contributed by atoms with Crippen molar-refractivity contribution in [1.82, 2.24) is 9.78 Å². The van der Waals surface area contributed by atoms with Crippen LogP contribution in [-0.2, 0) is 11.8 Å². The third-order valence-electron chi connectivity index (χ3n) is 2.82. The van der Waals surface area contributed by atoms with Gasteiger partial charge in [0.25, 0.3) is 0 Å². The number of hydrogen-bond acceptors (Lipinski definition) is 3. The topological polar surface area (TPSA) is 64.0 Å². The Morgan fingerprint density at radius 3 is 2.65 bits per heavy atom. The Bertz CT molecular complexity index is 763. The zero-order valence-corrected chi connectivity index (χ0v) is 12.0. The summed E-state index contributed by atoms with van der Waals surface area (Å²) in [5.41, 5.74) is 0.857. The van der Waals surface area contributed by atoms with Crippen molar-refractivity contribution in [3.8, 4) is 0 Å². The molecule has 0 saturated heterocycles. The SMILES string of the molecule is Cn1cc(C(=O)/C=C\c2cccc(NC(=O)C(F)(F)F)c2)cn1. The van der Waals surface area contributed by atoms with Crippen molar-refractivity contribution in [3.63, 3.8) is 0 Å². The summed E-state index contributed by atoms with van der Waals surface area (Å²) in [5, 5.41) is 5.62. The smallest absolute Gasteiger partial charge is 0.318 e. The van der Waals surface area contributed by atoms with Crippen molar-refractivity contribution in [1.29, 1.82) is 0 Å². The molecule has 1 amide bonds. The largest absolute Gasteiger partial charge is 0.471 e. The molecule has 0 spiro atoms. The first-order valence-corrected chi connectivity index (χ1v) is 6.45. The average molecular weight is 323 g/mol. The van der Waals surface area contributed by atoms with Crippen LogP contribution < -0.4 is 5.32 Å². The molecular formula is C15H12F3N3O2. The molecule has 23 heavy (non-hydrogen) atoms. The molecule has 1 aromatic carbocycles. The van der Waals surface area contributed by atoms with Crippen molar-refractivity contribution < 1.29 is 22.8 Å². The van der Waals surface area contributed by atoms with E-state index in [9.17, 15) is 22.8 Å². The molecule has 2 aromatic rings. The molecule has 0 saturated carbocycles. The molecule has 0 aliphatic rings. The number of carbonyl (C=O) groups excluding carboxylic acids is 2. The Morgan fingerprint density at radius 2 is 2.04 bits per heavy atom. The summed E-state index contributed by atoms with van der Waals surface area (Å²) >= 11 is 0. The van der Waals surface area contributed by atoms with Gasteiger partial charge in [0.2, 0.25) is 0 Å². The van der Waals surface area contributed by atoms with Gasteiger partial charge in [0, 0.05) is 18.9 Å². The molecule has 0 unspecified atom stereocenters. The predicted octanol–water partition coefficient (Wildman–Crippen LogP) is 2.82. The van der Waals surface area contributed by atoms with E-state index in [1.807, 2.05) is 0 Å². The normalized spacial score (nSPS) is 11.7. The van der Waals surface area contributed by atoms with Gasteiger partial charge in [0.1, 0.15) is 0 Å². The summed E-state index contributed by atoms with van der Waals surface area (Å²) in [6.07, 6.45) is 0.724. The minimum atomic E-state index is -4.96. The van der Waals surface area contributed by atoms with Gasteiger partial charge in [0.05, 0.1) is 11.8 Å². The zero-order chi connectivity index (χ0) is 17.0. The number of ketones is 1. The van der Waals surface area contributed by atoms with Crippen LogP contribution in [0.1, 0.15) is 15.9 Å². The highest BCUT2D eigenvalue weighted by atomic mass is 19.4. The van der Waals surface area contributed by atoms with Gasteiger partial charge in [-0.05, 0) is 23.8 Å². The minimum absolute atomic E-state index is 0.0108.